The van der Waals surface area contributed by atoms with Crippen molar-refractivity contribution in [3.63, 3.8) is 0 Å². The second kappa shape index (κ2) is 15.3. The third kappa shape index (κ3) is 8.98. The fourth-order valence-corrected chi connectivity index (χ4v) is 4.40. The van der Waals surface area contributed by atoms with E-state index in [1.165, 1.54) is 12.3 Å². The fourth-order valence-electron chi connectivity index (χ4n) is 4.12. The minimum absolute atomic E-state index is 0. The molecular formula is C28H32Cl4N4O3. The number of nitrogens with one attached hydrogen (secondary N) is 3. The maximum atomic E-state index is 13.4. The number of hydrogen-bond donors (Lipinski definition) is 3. The van der Waals surface area contributed by atoms with Crippen molar-refractivity contribution in [2.24, 2.45) is 5.92 Å². The number of halogens is 4. The lowest BCUT2D eigenvalue weighted by atomic mass is 9.99. The molecule has 0 bridgehead atoms. The molecule has 1 aliphatic rings. The lowest BCUT2D eigenvalue weighted by Gasteiger charge is -2.24. The maximum Gasteiger partial charge on any atom is 0.259 e. The number of anilines is 2. The second-order valence-electron chi connectivity index (χ2n) is 9.39. The van der Waals surface area contributed by atoms with Crippen LogP contribution in [0.4, 0.5) is 11.5 Å². The highest BCUT2D eigenvalue weighted by Gasteiger charge is 2.21. The SMILES string of the molecule is CC(C)c1ccc(C(=O)Nc2ccc(Cl)cc2C(=O)Nc2ccc(Cl)cn2)c(OC[C@@H]2CCCNC2)c1.Cl.Cl. The van der Waals surface area contributed by atoms with Crippen molar-refractivity contribution < 1.29 is 14.3 Å². The zero-order valence-corrected chi connectivity index (χ0v) is 24.8. The molecule has 4 rings (SSSR count). The van der Waals surface area contributed by atoms with Crippen LogP contribution in [0.5, 0.6) is 5.75 Å². The van der Waals surface area contributed by atoms with Gasteiger partial charge in [0.25, 0.3) is 11.8 Å². The van der Waals surface area contributed by atoms with E-state index in [0.717, 1.165) is 31.5 Å². The van der Waals surface area contributed by atoms with E-state index in [4.69, 9.17) is 27.9 Å². The molecule has 2 heterocycles. The normalized spacial score (nSPS) is 14.5. The number of aromatic nitrogens is 1. The third-order valence-corrected chi connectivity index (χ3v) is 6.69. The van der Waals surface area contributed by atoms with Gasteiger partial charge >= 0.3 is 0 Å². The van der Waals surface area contributed by atoms with Crippen molar-refractivity contribution >= 4 is 71.3 Å². The summed E-state index contributed by atoms with van der Waals surface area (Å²) in [5.41, 5.74) is 1.99. The first-order valence-corrected chi connectivity index (χ1v) is 13.1. The van der Waals surface area contributed by atoms with Crippen LogP contribution in [-0.4, -0.2) is 36.5 Å². The quantitative estimate of drug-likeness (QED) is 0.249. The number of piperidine rings is 1. The molecule has 3 N–H and O–H groups in total. The Bertz CT molecular complexity index is 1270. The smallest absolute Gasteiger partial charge is 0.259 e. The molecule has 11 heteroatoms. The Kier molecular flexibility index (Phi) is 12.8. The molecule has 1 aliphatic heterocycles. The second-order valence-corrected chi connectivity index (χ2v) is 10.3. The summed E-state index contributed by atoms with van der Waals surface area (Å²) < 4.78 is 6.19. The molecule has 0 saturated carbocycles. The van der Waals surface area contributed by atoms with Gasteiger partial charge in [0.1, 0.15) is 11.6 Å². The molecule has 1 fully saturated rings. The van der Waals surface area contributed by atoms with Gasteiger partial charge in [0.2, 0.25) is 0 Å². The molecule has 39 heavy (non-hydrogen) atoms. The van der Waals surface area contributed by atoms with E-state index in [1.54, 1.807) is 30.3 Å². The molecule has 1 saturated heterocycles. The Hall–Kier alpha value is -2.55. The predicted octanol–water partition coefficient (Wildman–Crippen LogP) is 7.24. The van der Waals surface area contributed by atoms with Gasteiger partial charge in [-0.25, -0.2) is 4.98 Å². The molecular weight excluding hydrogens is 582 g/mol. The van der Waals surface area contributed by atoms with Gasteiger partial charge in [0.15, 0.2) is 0 Å². The molecule has 1 atom stereocenters. The summed E-state index contributed by atoms with van der Waals surface area (Å²) >= 11 is 12.1. The number of rotatable bonds is 8. The summed E-state index contributed by atoms with van der Waals surface area (Å²) in [5, 5.41) is 9.78. The fraction of sp³-hybridized carbons (Fsp3) is 0.321. The van der Waals surface area contributed by atoms with E-state index in [0.29, 0.717) is 45.4 Å². The lowest BCUT2D eigenvalue weighted by Crippen LogP contribution is -2.33. The molecule has 0 spiro atoms. The van der Waals surface area contributed by atoms with E-state index in [2.05, 4.69) is 34.8 Å². The summed E-state index contributed by atoms with van der Waals surface area (Å²) in [6.45, 7) is 6.64. The molecule has 2 aromatic carbocycles. The third-order valence-electron chi connectivity index (χ3n) is 6.23. The first-order valence-electron chi connectivity index (χ1n) is 12.3. The van der Waals surface area contributed by atoms with Crippen LogP contribution in [0, 0.1) is 5.92 Å². The van der Waals surface area contributed by atoms with E-state index >= 15 is 0 Å². The number of ether oxygens (including phenoxy) is 1. The number of amides is 2. The van der Waals surface area contributed by atoms with Crippen molar-refractivity contribution in [2.45, 2.75) is 32.6 Å². The van der Waals surface area contributed by atoms with Gasteiger partial charge in [-0.05, 0) is 73.3 Å². The van der Waals surface area contributed by atoms with Crippen LogP contribution in [0.2, 0.25) is 10.0 Å². The topological polar surface area (TPSA) is 92.4 Å². The lowest BCUT2D eigenvalue weighted by molar-refractivity contribution is 0.102. The molecule has 210 valence electrons. The van der Waals surface area contributed by atoms with Crippen molar-refractivity contribution in [3.8, 4) is 5.75 Å². The largest absolute Gasteiger partial charge is 0.492 e. The average Bonchev–Trinajstić information content (AvgIpc) is 2.90. The molecule has 1 aromatic heterocycles. The standard InChI is InChI=1S/C28H30Cl2N4O3.2ClH/c1-17(2)19-5-8-22(25(12-19)37-16-18-4-3-11-31-14-18)27(35)33-24-9-6-20(29)13-23(24)28(36)34-26-10-7-21(30)15-32-26;;/h5-10,12-13,15,17-18,31H,3-4,11,14,16H2,1-2H3,(H,33,35)(H,32,34,36);2*1H/t18-;;/m1../s1. The predicted molar refractivity (Wildman–Crippen MR) is 163 cm³/mol. The molecule has 0 aliphatic carbocycles. The summed E-state index contributed by atoms with van der Waals surface area (Å²) in [6, 6.07) is 13.5. The Morgan fingerprint density at radius 2 is 1.74 bits per heavy atom. The van der Waals surface area contributed by atoms with E-state index in [1.807, 2.05) is 12.1 Å². The highest BCUT2D eigenvalue weighted by molar-refractivity contribution is 6.31. The minimum atomic E-state index is -0.468. The Morgan fingerprint density at radius 1 is 1.00 bits per heavy atom. The minimum Gasteiger partial charge on any atom is -0.492 e. The van der Waals surface area contributed by atoms with Crippen LogP contribution in [-0.2, 0) is 0 Å². The summed E-state index contributed by atoms with van der Waals surface area (Å²) in [5.74, 6) is 0.671. The number of pyridine rings is 1. The van der Waals surface area contributed by atoms with Crippen LogP contribution < -0.4 is 20.7 Å². The van der Waals surface area contributed by atoms with Gasteiger partial charge in [0.05, 0.1) is 28.4 Å². The number of nitrogens with zero attached hydrogens (tertiary/aromatic N) is 1. The van der Waals surface area contributed by atoms with Crippen molar-refractivity contribution in [1.82, 2.24) is 10.3 Å². The van der Waals surface area contributed by atoms with Gasteiger partial charge in [-0.15, -0.1) is 24.8 Å². The maximum absolute atomic E-state index is 13.4. The zero-order valence-electron chi connectivity index (χ0n) is 21.6. The van der Waals surface area contributed by atoms with Crippen molar-refractivity contribution in [1.29, 1.82) is 0 Å². The van der Waals surface area contributed by atoms with Gasteiger partial charge in [-0.2, -0.15) is 0 Å². The molecule has 0 unspecified atom stereocenters. The summed E-state index contributed by atoms with van der Waals surface area (Å²) in [6.07, 6.45) is 3.63. The zero-order chi connectivity index (χ0) is 26.4. The van der Waals surface area contributed by atoms with Crippen molar-refractivity contribution in [2.75, 3.05) is 30.3 Å². The average molecular weight is 614 g/mol. The summed E-state index contributed by atoms with van der Waals surface area (Å²) in [7, 11) is 0. The van der Waals surface area contributed by atoms with Crippen LogP contribution in [0.3, 0.4) is 0 Å². The van der Waals surface area contributed by atoms with Gasteiger partial charge < -0.3 is 20.7 Å². The van der Waals surface area contributed by atoms with Crippen molar-refractivity contribution in [3.05, 3.63) is 81.5 Å². The van der Waals surface area contributed by atoms with Gasteiger partial charge in [-0.1, -0.05) is 43.1 Å². The van der Waals surface area contributed by atoms with E-state index < -0.39 is 5.91 Å². The highest BCUT2D eigenvalue weighted by Crippen LogP contribution is 2.28. The number of hydrogen-bond acceptors (Lipinski definition) is 5. The van der Waals surface area contributed by atoms with E-state index in [9.17, 15) is 9.59 Å². The van der Waals surface area contributed by atoms with E-state index in [-0.39, 0.29) is 42.2 Å². The monoisotopic (exact) mass is 612 g/mol. The first-order chi connectivity index (χ1) is 17.8. The summed E-state index contributed by atoms with van der Waals surface area (Å²) in [4.78, 5) is 30.5. The Morgan fingerprint density at radius 3 is 2.41 bits per heavy atom. The van der Waals surface area contributed by atoms with Gasteiger partial charge in [0, 0.05) is 23.7 Å². The highest BCUT2D eigenvalue weighted by atomic mass is 35.5. The molecule has 7 nitrogen and oxygen atoms in total. The molecule has 0 radical (unpaired) electrons. The number of carbonyl (C=O) groups excluding carboxylic acids is 2. The number of carbonyl (C=O) groups is 2. The van der Waals surface area contributed by atoms with Crippen LogP contribution in [0.15, 0.2) is 54.7 Å². The molecule has 2 amide bonds. The van der Waals surface area contributed by atoms with Crippen LogP contribution in [0.1, 0.15) is 58.9 Å². The van der Waals surface area contributed by atoms with Gasteiger partial charge in [-0.3, -0.25) is 9.59 Å². The van der Waals surface area contributed by atoms with Crippen LogP contribution in [0.25, 0.3) is 0 Å². The number of benzene rings is 2. The first kappa shape index (κ1) is 32.7. The molecule has 3 aromatic rings. The Balaban J connectivity index is 0.00000267. The Labute approximate surface area is 251 Å². The van der Waals surface area contributed by atoms with Crippen LogP contribution >= 0.6 is 48.0 Å².